The standard InChI is InChI=1S/C24H31N3O5S/c1-17-7-8-18(2)22(16-17)33(30,31)26-20-11-9-19(10-12-20)24(29)27-14-4-6-21(27)23(28)25-13-5-15-32-3/h7-12,16,21,26H,4-6,13-15H2,1-3H3,(H,25,28)/t21-/m0/s1. The van der Waals surface area contributed by atoms with Crippen LogP contribution in [0.5, 0.6) is 0 Å². The molecule has 8 nitrogen and oxygen atoms in total. The second kappa shape index (κ2) is 10.8. The molecule has 0 saturated carbocycles. The second-order valence-electron chi connectivity index (χ2n) is 8.25. The molecule has 1 aliphatic heterocycles. The zero-order valence-electron chi connectivity index (χ0n) is 19.3. The number of aryl methyl sites for hydroxylation is 2. The molecule has 0 spiro atoms. The van der Waals surface area contributed by atoms with Gasteiger partial charge in [0.1, 0.15) is 6.04 Å². The fourth-order valence-corrected chi connectivity index (χ4v) is 5.27. The summed E-state index contributed by atoms with van der Waals surface area (Å²) in [7, 11) is -2.15. The van der Waals surface area contributed by atoms with Crippen molar-refractivity contribution in [2.24, 2.45) is 0 Å². The van der Waals surface area contributed by atoms with Crippen molar-refractivity contribution in [3.63, 3.8) is 0 Å². The molecule has 2 amide bonds. The first-order valence-corrected chi connectivity index (χ1v) is 12.5. The Bertz CT molecular complexity index is 1100. The number of sulfonamides is 1. The molecule has 178 valence electrons. The van der Waals surface area contributed by atoms with Crippen LogP contribution < -0.4 is 10.0 Å². The number of likely N-dealkylation sites (tertiary alicyclic amines) is 1. The highest BCUT2D eigenvalue weighted by Crippen LogP contribution is 2.23. The zero-order chi connectivity index (χ0) is 24.0. The van der Waals surface area contributed by atoms with Crippen LogP contribution in [0.25, 0.3) is 0 Å². The van der Waals surface area contributed by atoms with Crippen LogP contribution in [0.4, 0.5) is 5.69 Å². The van der Waals surface area contributed by atoms with Crippen molar-refractivity contribution in [2.45, 2.75) is 44.0 Å². The molecule has 33 heavy (non-hydrogen) atoms. The highest BCUT2D eigenvalue weighted by atomic mass is 32.2. The lowest BCUT2D eigenvalue weighted by Gasteiger charge is -2.24. The fraction of sp³-hybridized carbons (Fsp3) is 0.417. The number of hydrogen-bond donors (Lipinski definition) is 2. The van der Waals surface area contributed by atoms with Crippen LogP contribution in [-0.2, 0) is 19.6 Å². The third kappa shape index (κ3) is 6.11. The number of anilines is 1. The molecule has 1 fully saturated rings. The van der Waals surface area contributed by atoms with Crippen LogP contribution in [0.3, 0.4) is 0 Å². The third-order valence-electron chi connectivity index (χ3n) is 5.66. The fourth-order valence-electron chi connectivity index (χ4n) is 3.88. The number of carbonyl (C=O) groups is 2. The Balaban J connectivity index is 1.67. The van der Waals surface area contributed by atoms with Crippen LogP contribution in [0.2, 0.25) is 0 Å². The number of carbonyl (C=O) groups excluding carboxylic acids is 2. The maximum absolute atomic E-state index is 13.0. The average molecular weight is 474 g/mol. The van der Waals surface area contributed by atoms with Crippen molar-refractivity contribution in [3.05, 3.63) is 59.2 Å². The number of rotatable bonds is 9. The minimum atomic E-state index is -3.76. The van der Waals surface area contributed by atoms with Crippen molar-refractivity contribution in [1.29, 1.82) is 0 Å². The van der Waals surface area contributed by atoms with Crippen LogP contribution in [0, 0.1) is 13.8 Å². The predicted octanol–water partition coefficient (Wildman–Crippen LogP) is 2.86. The minimum absolute atomic E-state index is 0.158. The predicted molar refractivity (Wildman–Crippen MR) is 127 cm³/mol. The van der Waals surface area contributed by atoms with Gasteiger partial charge in [-0.2, -0.15) is 0 Å². The van der Waals surface area contributed by atoms with E-state index >= 15 is 0 Å². The number of ether oxygens (including phenoxy) is 1. The third-order valence-corrected chi connectivity index (χ3v) is 7.18. The molecule has 1 aliphatic rings. The van der Waals surface area contributed by atoms with Gasteiger partial charge in [-0.15, -0.1) is 0 Å². The smallest absolute Gasteiger partial charge is 0.262 e. The van der Waals surface area contributed by atoms with E-state index in [1.54, 1.807) is 55.3 Å². The van der Waals surface area contributed by atoms with E-state index in [1.807, 2.05) is 13.0 Å². The molecule has 0 radical (unpaired) electrons. The largest absolute Gasteiger partial charge is 0.385 e. The zero-order valence-corrected chi connectivity index (χ0v) is 20.1. The van der Waals surface area contributed by atoms with Gasteiger partial charge in [0.05, 0.1) is 4.90 Å². The first-order chi connectivity index (χ1) is 15.7. The first-order valence-electron chi connectivity index (χ1n) is 11.0. The highest BCUT2D eigenvalue weighted by Gasteiger charge is 2.34. The van der Waals surface area contributed by atoms with E-state index in [9.17, 15) is 18.0 Å². The van der Waals surface area contributed by atoms with Gasteiger partial charge in [-0.1, -0.05) is 12.1 Å². The van der Waals surface area contributed by atoms with Crippen molar-refractivity contribution < 1.29 is 22.7 Å². The Morgan fingerprint density at radius 3 is 2.55 bits per heavy atom. The van der Waals surface area contributed by atoms with Gasteiger partial charge in [0.15, 0.2) is 0 Å². The molecular weight excluding hydrogens is 442 g/mol. The summed E-state index contributed by atoms with van der Waals surface area (Å²) < 4.78 is 33.2. The minimum Gasteiger partial charge on any atom is -0.385 e. The highest BCUT2D eigenvalue weighted by molar-refractivity contribution is 7.92. The van der Waals surface area contributed by atoms with Gasteiger partial charge in [0.25, 0.3) is 15.9 Å². The molecule has 0 aliphatic carbocycles. The molecule has 0 unspecified atom stereocenters. The van der Waals surface area contributed by atoms with Gasteiger partial charge in [0, 0.05) is 38.1 Å². The number of methoxy groups -OCH3 is 1. The normalized spacial score (nSPS) is 16.0. The van der Waals surface area contributed by atoms with E-state index in [-0.39, 0.29) is 16.7 Å². The van der Waals surface area contributed by atoms with E-state index < -0.39 is 16.1 Å². The molecule has 9 heteroatoms. The van der Waals surface area contributed by atoms with E-state index in [1.165, 1.54) is 0 Å². The average Bonchev–Trinajstić information content (AvgIpc) is 3.28. The number of nitrogens with zero attached hydrogens (tertiary/aromatic N) is 1. The van der Waals surface area contributed by atoms with Crippen molar-refractivity contribution >= 4 is 27.5 Å². The summed E-state index contributed by atoms with van der Waals surface area (Å²) in [6.07, 6.45) is 2.09. The first kappa shape index (κ1) is 24.7. The molecular formula is C24H31N3O5S. The summed E-state index contributed by atoms with van der Waals surface area (Å²) in [6.45, 7) is 5.16. The lowest BCUT2D eigenvalue weighted by molar-refractivity contribution is -0.124. The summed E-state index contributed by atoms with van der Waals surface area (Å²) in [6, 6.07) is 11.0. The van der Waals surface area contributed by atoms with Crippen LogP contribution >= 0.6 is 0 Å². The molecule has 1 heterocycles. The lowest BCUT2D eigenvalue weighted by atomic mass is 10.1. The van der Waals surface area contributed by atoms with E-state index in [0.29, 0.717) is 49.4 Å². The summed E-state index contributed by atoms with van der Waals surface area (Å²) >= 11 is 0. The van der Waals surface area contributed by atoms with Crippen LogP contribution in [-0.4, -0.2) is 58.0 Å². The number of hydrogen-bond acceptors (Lipinski definition) is 5. The van der Waals surface area contributed by atoms with Gasteiger partial charge in [0.2, 0.25) is 5.91 Å². The Morgan fingerprint density at radius 1 is 1.12 bits per heavy atom. The topological polar surface area (TPSA) is 105 Å². The lowest BCUT2D eigenvalue weighted by Crippen LogP contribution is -2.46. The molecule has 1 saturated heterocycles. The van der Waals surface area contributed by atoms with Gasteiger partial charge < -0.3 is 15.0 Å². The van der Waals surface area contributed by atoms with Crippen LogP contribution in [0.1, 0.15) is 40.7 Å². The second-order valence-corrected chi connectivity index (χ2v) is 9.90. The van der Waals surface area contributed by atoms with Gasteiger partial charge >= 0.3 is 0 Å². The number of nitrogens with one attached hydrogen (secondary N) is 2. The van der Waals surface area contributed by atoms with E-state index in [0.717, 1.165) is 12.0 Å². The number of benzene rings is 2. The molecule has 2 aromatic rings. The molecule has 1 atom stereocenters. The van der Waals surface area contributed by atoms with E-state index in [2.05, 4.69) is 10.0 Å². The molecule has 3 rings (SSSR count). The Morgan fingerprint density at radius 2 is 1.85 bits per heavy atom. The Kier molecular flexibility index (Phi) is 8.10. The maximum atomic E-state index is 13.0. The van der Waals surface area contributed by atoms with Gasteiger partial charge in [-0.3, -0.25) is 14.3 Å². The molecule has 2 aromatic carbocycles. The SMILES string of the molecule is COCCCNC(=O)[C@@H]1CCCN1C(=O)c1ccc(NS(=O)(=O)c2cc(C)ccc2C)cc1. The Labute approximate surface area is 195 Å². The van der Waals surface area contributed by atoms with Crippen molar-refractivity contribution in [1.82, 2.24) is 10.2 Å². The summed E-state index contributed by atoms with van der Waals surface area (Å²) in [4.78, 5) is 27.4. The summed E-state index contributed by atoms with van der Waals surface area (Å²) in [5.74, 6) is -0.400. The summed E-state index contributed by atoms with van der Waals surface area (Å²) in [5.41, 5.74) is 2.27. The quantitative estimate of drug-likeness (QED) is 0.545. The van der Waals surface area contributed by atoms with Crippen molar-refractivity contribution in [2.75, 3.05) is 31.5 Å². The van der Waals surface area contributed by atoms with Crippen molar-refractivity contribution in [3.8, 4) is 0 Å². The van der Waals surface area contributed by atoms with Gasteiger partial charge in [-0.05, 0) is 74.6 Å². The monoisotopic (exact) mass is 473 g/mol. The molecule has 2 N–H and O–H groups in total. The number of amides is 2. The van der Waals surface area contributed by atoms with Gasteiger partial charge in [-0.25, -0.2) is 8.42 Å². The van der Waals surface area contributed by atoms with Crippen LogP contribution in [0.15, 0.2) is 47.4 Å². The summed E-state index contributed by atoms with van der Waals surface area (Å²) in [5, 5.41) is 2.87. The molecule has 0 aromatic heterocycles. The Hall–Kier alpha value is -2.91. The maximum Gasteiger partial charge on any atom is 0.262 e. The van der Waals surface area contributed by atoms with E-state index in [4.69, 9.17) is 4.74 Å². The molecule has 0 bridgehead atoms.